The largest absolute Gasteiger partial charge is 0.455 e. The maximum absolute atomic E-state index is 13.2. The molecule has 4 nitrogen and oxygen atoms in total. The van der Waals surface area contributed by atoms with Crippen molar-refractivity contribution in [1.82, 2.24) is 0 Å². The summed E-state index contributed by atoms with van der Waals surface area (Å²) in [5.41, 5.74) is 2.41. The van der Waals surface area contributed by atoms with Crippen molar-refractivity contribution in [3.05, 3.63) is 65.7 Å². The lowest BCUT2D eigenvalue weighted by atomic mass is 10.0. The van der Waals surface area contributed by atoms with Crippen LogP contribution in [0.25, 0.3) is 0 Å². The highest BCUT2D eigenvalue weighted by atomic mass is 16.7. The number of likely N-dealkylation sites (N-methyl/N-ethyl adjacent to an activating group) is 1. The van der Waals surface area contributed by atoms with Gasteiger partial charge in [-0.2, -0.15) is 0 Å². The van der Waals surface area contributed by atoms with Crippen molar-refractivity contribution in [3.8, 4) is 5.75 Å². The Morgan fingerprint density at radius 3 is 1.92 bits per heavy atom. The van der Waals surface area contributed by atoms with Gasteiger partial charge >= 0.3 is 5.97 Å². The molecule has 0 aliphatic rings. The van der Waals surface area contributed by atoms with Crippen molar-refractivity contribution in [2.24, 2.45) is 0 Å². The van der Waals surface area contributed by atoms with Crippen molar-refractivity contribution < 1.29 is 18.8 Å². The predicted octanol–water partition coefficient (Wildman–Crippen LogP) is 8.86. The van der Waals surface area contributed by atoms with Crippen LogP contribution in [-0.4, -0.2) is 36.9 Å². The molecule has 0 aromatic heterocycles. The highest BCUT2D eigenvalue weighted by molar-refractivity contribution is 5.74. The molecule has 212 valence electrons. The maximum Gasteiger partial charge on any atom is 0.368 e. The molecule has 0 saturated heterocycles. The number of nitrogens with zero attached hydrogens (tertiary/aromatic N) is 1. The van der Waals surface area contributed by atoms with E-state index in [1.54, 1.807) is 0 Å². The van der Waals surface area contributed by atoms with Gasteiger partial charge in [-0.1, -0.05) is 127 Å². The van der Waals surface area contributed by atoms with Crippen LogP contribution < -0.4 is 4.74 Å². The fourth-order valence-corrected chi connectivity index (χ4v) is 5.36. The van der Waals surface area contributed by atoms with Crippen molar-refractivity contribution in [1.29, 1.82) is 0 Å². The Kier molecular flexibility index (Phi) is 15.1. The molecule has 2 unspecified atom stereocenters. The second-order valence-electron chi connectivity index (χ2n) is 11.4. The molecule has 0 aliphatic carbocycles. The van der Waals surface area contributed by atoms with E-state index in [1.807, 2.05) is 44.2 Å². The summed E-state index contributed by atoms with van der Waals surface area (Å²) in [5.74, 6) is 0.620. The van der Waals surface area contributed by atoms with E-state index in [9.17, 15) is 4.79 Å². The SMILES string of the molecule is CCCCCCCCCCCCCc1ccccc1OC(C)OC(=O)C(CC)[N+](C)(C)Cc1ccccc1. The summed E-state index contributed by atoms with van der Waals surface area (Å²) in [6.45, 7) is 6.91. The number of hydrogen-bond acceptors (Lipinski definition) is 3. The molecule has 0 aliphatic heterocycles. The molecule has 4 heteroatoms. The molecule has 38 heavy (non-hydrogen) atoms. The molecule has 0 bridgehead atoms. The first-order chi connectivity index (χ1) is 18.4. The maximum atomic E-state index is 13.2. The molecule has 0 spiro atoms. The molecule has 0 fully saturated rings. The highest BCUT2D eigenvalue weighted by Crippen LogP contribution is 2.24. The van der Waals surface area contributed by atoms with Crippen LogP contribution in [0.1, 0.15) is 109 Å². The van der Waals surface area contributed by atoms with Gasteiger partial charge in [-0.15, -0.1) is 0 Å². The van der Waals surface area contributed by atoms with Crippen LogP contribution in [0, 0.1) is 0 Å². The molecule has 2 rings (SSSR count). The lowest BCUT2D eigenvalue weighted by molar-refractivity contribution is -0.919. The van der Waals surface area contributed by atoms with Crippen LogP contribution in [0.2, 0.25) is 0 Å². The van der Waals surface area contributed by atoms with E-state index >= 15 is 0 Å². The topological polar surface area (TPSA) is 35.5 Å². The van der Waals surface area contributed by atoms with E-state index in [1.165, 1.54) is 75.3 Å². The number of ether oxygens (including phenoxy) is 2. The molecular formula is C34H54NO3+. The van der Waals surface area contributed by atoms with Gasteiger partial charge in [-0.25, -0.2) is 4.79 Å². The second-order valence-corrected chi connectivity index (χ2v) is 11.4. The Labute approximate surface area is 233 Å². The van der Waals surface area contributed by atoms with E-state index in [0.29, 0.717) is 10.9 Å². The predicted molar refractivity (Wildman–Crippen MR) is 159 cm³/mol. The smallest absolute Gasteiger partial charge is 0.368 e. The molecular weight excluding hydrogens is 470 g/mol. The molecule has 2 aromatic carbocycles. The lowest BCUT2D eigenvalue weighted by Crippen LogP contribution is -2.53. The summed E-state index contributed by atoms with van der Waals surface area (Å²) >= 11 is 0. The number of aryl methyl sites for hydroxylation is 1. The monoisotopic (exact) mass is 524 g/mol. The van der Waals surface area contributed by atoms with Crippen molar-refractivity contribution >= 4 is 5.97 Å². The minimum absolute atomic E-state index is 0.205. The van der Waals surface area contributed by atoms with E-state index < -0.39 is 6.29 Å². The molecule has 0 radical (unpaired) electrons. The summed E-state index contributed by atoms with van der Waals surface area (Å²) in [6.07, 6.45) is 15.8. The number of quaternary nitrogens is 1. The average molecular weight is 525 g/mol. The Morgan fingerprint density at radius 1 is 0.763 bits per heavy atom. The van der Waals surface area contributed by atoms with E-state index in [0.717, 1.165) is 25.1 Å². The number of benzene rings is 2. The Hall–Kier alpha value is -2.33. The van der Waals surface area contributed by atoms with Gasteiger partial charge in [0.2, 0.25) is 6.29 Å². The fourth-order valence-electron chi connectivity index (χ4n) is 5.36. The zero-order valence-corrected chi connectivity index (χ0v) is 24.9. The minimum atomic E-state index is -0.633. The van der Waals surface area contributed by atoms with E-state index in [2.05, 4.69) is 45.3 Å². The zero-order chi connectivity index (χ0) is 27.6. The van der Waals surface area contributed by atoms with Gasteiger partial charge in [0.1, 0.15) is 12.3 Å². The highest BCUT2D eigenvalue weighted by Gasteiger charge is 2.36. The molecule has 0 saturated carbocycles. The number of unbranched alkanes of at least 4 members (excludes halogenated alkanes) is 10. The molecule has 2 aromatic rings. The summed E-state index contributed by atoms with van der Waals surface area (Å²) in [4.78, 5) is 13.2. The van der Waals surface area contributed by atoms with Gasteiger partial charge in [-0.3, -0.25) is 0 Å². The third-order valence-corrected chi connectivity index (χ3v) is 7.53. The van der Waals surface area contributed by atoms with Crippen molar-refractivity contribution in [3.63, 3.8) is 0 Å². The summed E-state index contributed by atoms with van der Waals surface area (Å²) in [7, 11) is 4.19. The van der Waals surface area contributed by atoms with Gasteiger partial charge in [0, 0.05) is 18.9 Å². The summed E-state index contributed by atoms with van der Waals surface area (Å²) < 4.78 is 12.5. The Balaban J connectivity index is 1.76. The quantitative estimate of drug-likeness (QED) is 0.0751. The van der Waals surface area contributed by atoms with Gasteiger partial charge in [0.05, 0.1) is 14.1 Å². The summed E-state index contributed by atoms with van der Waals surface area (Å²) in [5, 5.41) is 0. The van der Waals surface area contributed by atoms with Crippen molar-refractivity contribution in [2.75, 3.05) is 14.1 Å². The first kappa shape index (κ1) is 31.9. The fraction of sp³-hybridized carbons (Fsp3) is 0.618. The van der Waals surface area contributed by atoms with E-state index in [4.69, 9.17) is 9.47 Å². The number of esters is 1. The number of hydrogen-bond donors (Lipinski definition) is 0. The number of carbonyl (C=O) groups excluding carboxylic acids is 1. The van der Waals surface area contributed by atoms with Crippen LogP contribution in [0.5, 0.6) is 5.75 Å². The normalized spacial score (nSPS) is 13.2. The molecule has 2 atom stereocenters. The van der Waals surface area contributed by atoms with Gasteiger partial charge in [0.15, 0.2) is 6.04 Å². The van der Waals surface area contributed by atoms with Crippen LogP contribution in [0.15, 0.2) is 54.6 Å². The second kappa shape index (κ2) is 18.0. The summed E-state index contributed by atoms with van der Waals surface area (Å²) in [6, 6.07) is 18.2. The Morgan fingerprint density at radius 2 is 1.32 bits per heavy atom. The average Bonchev–Trinajstić information content (AvgIpc) is 2.88. The van der Waals surface area contributed by atoms with Crippen LogP contribution in [-0.2, 0) is 22.5 Å². The standard InChI is InChI=1S/C34H54NO3/c1-6-8-9-10-11-12-13-14-15-16-20-25-31-26-21-22-27-33(31)37-29(3)38-34(36)32(7-2)35(4,5)28-30-23-18-17-19-24-30/h17-19,21-24,26-27,29,32H,6-16,20,25,28H2,1-5H3/q+1. The van der Waals surface area contributed by atoms with Gasteiger partial charge in [-0.05, 0) is 24.5 Å². The van der Waals surface area contributed by atoms with Crippen molar-refractivity contribution in [2.45, 2.75) is 123 Å². The lowest BCUT2D eigenvalue weighted by Gasteiger charge is -2.36. The third-order valence-electron chi connectivity index (χ3n) is 7.53. The van der Waals surface area contributed by atoms with Gasteiger partial charge in [0.25, 0.3) is 0 Å². The van der Waals surface area contributed by atoms with Crippen LogP contribution in [0.4, 0.5) is 0 Å². The molecule has 0 amide bonds. The molecule has 0 N–H and O–H groups in total. The Bertz CT molecular complexity index is 896. The number of para-hydroxylation sites is 1. The van der Waals surface area contributed by atoms with E-state index in [-0.39, 0.29) is 12.0 Å². The van der Waals surface area contributed by atoms with Crippen LogP contribution >= 0.6 is 0 Å². The number of rotatable bonds is 20. The van der Waals surface area contributed by atoms with Crippen LogP contribution in [0.3, 0.4) is 0 Å². The zero-order valence-electron chi connectivity index (χ0n) is 24.9. The third kappa shape index (κ3) is 12.0. The van der Waals surface area contributed by atoms with Gasteiger partial charge < -0.3 is 14.0 Å². The first-order valence-electron chi connectivity index (χ1n) is 15.2. The first-order valence-corrected chi connectivity index (χ1v) is 15.2. The number of carbonyl (C=O) groups is 1. The molecule has 0 heterocycles. The minimum Gasteiger partial charge on any atom is -0.455 e.